The summed E-state index contributed by atoms with van der Waals surface area (Å²) in [6.07, 6.45) is 1.61. The SMILES string of the molecule is Oc1c(Cl)cc(Cl)cc1CNc1cnns1. The first-order chi connectivity index (χ1) is 7.66. The molecule has 0 radical (unpaired) electrons. The number of phenolic OH excluding ortho intramolecular Hbond substituents is 1. The molecule has 0 aliphatic heterocycles. The third-order valence-corrected chi connectivity index (χ3v) is 3.05. The monoisotopic (exact) mass is 275 g/mol. The zero-order chi connectivity index (χ0) is 11.5. The van der Waals surface area contributed by atoms with Crippen LogP contribution in [0.3, 0.4) is 0 Å². The van der Waals surface area contributed by atoms with Crippen LogP contribution < -0.4 is 5.32 Å². The summed E-state index contributed by atoms with van der Waals surface area (Å²) in [7, 11) is 0. The van der Waals surface area contributed by atoms with E-state index >= 15 is 0 Å². The summed E-state index contributed by atoms with van der Waals surface area (Å²) in [6, 6.07) is 3.15. The standard InChI is InChI=1S/C9H7Cl2N3OS/c10-6-1-5(9(15)7(11)2-6)3-12-8-4-13-14-16-8/h1-2,4,12,15H,3H2. The number of halogens is 2. The number of benzene rings is 1. The van der Waals surface area contributed by atoms with Crippen molar-refractivity contribution >= 4 is 39.7 Å². The summed E-state index contributed by atoms with van der Waals surface area (Å²) >= 11 is 12.9. The van der Waals surface area contributed by atoms with Gasteiger partial charge in [-0.15, -0.1) is 5.10 Å². The van der Waals surface area contributed by atoms with E-state index in [-0.39, 0.29) is 10.8 Å². The van der Waals surface area contributed by atoms with E-state index in [1.165, 1.54) is 17.6 Å². The Hall–Kier alpha value is -1.04. The third kappa shape index (κ3) is 2.55. The zero-order valence-corrected chi connectivity index (χ0v) is 10.3. The minimum atomic E-state index is 0.0380. The predicted octanol–water partition coefficient (Wildman–Crippen LogP) is 3.16. The van der Waals surface area contributed by atoms with Crippen molar-refractivity contribution in [3.8, 4) is 5.75 Å². The molecule has 7 heteroatoms. The molecule has 0 aliphatic carbocycles. The maximum absolute atomic E-state index is 9.69. The van der Waals surface area contributed by atoms with Crippen molar-refractivity contribution < 1.29 is 5.11 Å². The Morgan fingerprint density at radius 1 is 1.38 bits per heavy atom. The fraction of sp³-hybridized carbons (Fsp3) is 0.111. The number of nitrogens with one attached hydrogen (secondary N) is 1. The molecule has 0 fully saturated rings. The second-order valence-electron chi connectivity index (χ2n) is 3.03. The molecule has 0 atom stereocenters. The second kappa shape index (κ2) is 4.86. The summed E-state index contributed by atoms with van der Waals surface area (Å²) in [5.41, 5.74) is 0.630. The van der Waals surface area contributed by atoms with Crippen molar-refractivity contribution in [2.75, 3.05) is 5.32 Å². The van der Waals surface area contributed by atoms with E-state index in [2.05, 4.69) is 14.9 Å². The highest BCUT2D eigenvalue weighted by Gasteiger charge is 2.08. The Bertz CT molecular complexity index is 490. The normalized spacial score (nSPS) is 10.4. The van der Waals surface area contributed by atoms with Crippen LogP contribution in [-0.2, 0) is 6.54 Å². The lowest BCUT2D eigenvalue weighted by molar-refractivity contribution is 0.469. The third-order valence-electron chi connectivity index (χ3n) is 1.92. The molecular weight excluding hydrogens is 269 g/mol. The smallest absolute Gasteiger partial charge is 0.139 e. The molecule has 1 aromatic heterocycles. The fourth-order valence-corrected chi connectivity index (χ4v) is 2.13. The molecule has 4 nitrogen and oxygen atoms in total. The Labute approximate surface area is 106 Å². The number of rotatable bonds is 3. The number of aromatic hydroxyl groups is 1. The average molecular weight is 276 g/mol. The van der Waals surface area contributed by atoms with Crippen LogP contribution in [0.2, 0.25) is 10.0 Å². The lowest BCUT2D eigenvalue weighted by Gasteiger charge is -2.07. The summed E-state index contributed by atoms with van der Waals surface area (Å²) < 4.78 is 3.71. The maximum atomic E-state index is 9.69. The lowest BCUT2D eigenvalue weighted by atomic mass is 10.2. The number of nitrogens with zero attached hydrogens (tertiary/aromatic N) is 2. The van der Waals surface area contributed by atoms with Gasteiger partial charge >= 0.3 is 0 Å². The lowest BCUT2D eigenvalue weighted by Crippen LogP contribution is -1.98. The first-order valence-electron chi connectivity index (χ1n) is 4.35. The van der Waals surface area contributed by atoms with Crippen LogP contribution in [0.25, 0.3) is 0 Å². The van der Waals surface area contributed by atoms with Crippen LogP contribution in [0, 0.1) is 0 Å². The van der Waals surface area contributed by atoms with Gasteiger partial charge in [-0.25, -0.2) is 0 Å². The van der Waals surface area contributed by atoms with Crippen LogP contribution in [0.1, 0.15) is 5.56 Å². The largest absolute Gasteiger partial charge is 0.506 e. The summed E-state index contributed by atoms with van der Waals surface area (Å²) in [5.74, 6) is 0.0380. The van der Waals surface area contributed by atoms with E-state index in [0.717, 1.165) is 5.00 Å². The summed E-state index contributed by atoms with van der Waals surface area (Å²) in [5, 5.41) is 18.0. The molecular formula is C9H7Cl2N3OS. The highest BCUT2D eigenvalue weighted by molar-refractivity contribution is 7.09. The van der Waals surface area contributed by atoms with Gasteiger partial charge in [0.25, 0.3) is 0 Å². The molecule has 1 aromatic carbocycles. The molecule has 0 aliphatic rings. The number of hydrogen-bond acceptors (Lipinski definition) is 5. The molecule has 2 aromatic rings. The average Bonchev–Trinajstić information content (AvgIpc) is 2.74. The minimum absolute atomic E-state index is 0.0380. The van der Waals surface area contributed by atoms with Crippen LogP contribution in [-0.4, -0.2) is 14.7 Å². The van der Waals surface area contributed by atoms with Crippen molar-refractivity contribution in [1.82, 2.24) is 9.59 Å². The molecule has 84 valence electrons. The first-order valence-corrected chi connectivity index (χ1v) is 5.88. The predicted molar refractivity (Wildman–Crippen MR) is 65.4 cm³/mol. The molecule has 16 heavy (non-hydrogen) atoms. The van der Waals surface area contributed by atoms with Crippen LogP contribution in [0.15, 0.2) is 18.3 Å². The molecule has 2 N–H and O–H groups in total. The van der Waals surface area contributed by atoms with Gasteiger partial charge in [-0.3, -0.25) is 0 Å². The topological polar surface area (TPSA) is 58.0 Å². The number of aromatic nitrogens is 2. The maximum Gasteiger partial charge on any atom is 0.139 e. The molecule has 0 amide bonds. The van der Waals surface area contributed by atoms with E-state index in [4.69, 9.17) is 23.2 Å². The Morgan fingerprint density at radius 3 is 2.88 bits per heavy atom. The Kier molecular flexibility index (Phi) is 3.48. The Balaban J connectivity index is 2.15. The van der Waals surface area contributed by atoms with E-state index < -0.39 is 0 Å². The van der Waals surface area contributed by atoms with Crippen molar-refractivity contribution in [2.24, 2.45) is 0 Å². The molecule has 1 heterocycles. The van der Waals surface area contributed by atoms with Crippen molar-refractivity contribution in [3.05, 3.63) is 33.9 Å². The molecule has 0 spiro atoms. The molecule has 0 saturated heterocycles. The first kappa shape index (κ1) is 11.4. The summed E-state index contributed by atoms with van der Waals surface area (Å²) in [6.45, 7) is 0.413. The van der Waals surface area contributed by atoms with Crippen molar-refractivity contribution in [1.29, 1.82) is 0 Å². The van der Waals surface area contributed by atoms with Gasteiger partial charge in [0, 0.05) is 28.7 Å². The summed E-state index contributed by atoms with van der Waals surface area (Å²) in [4.78, 5) is 0. The zero-order valence-electron chi connectivity index (χ0n) is 7.94. The van der Waals surface area contributed by atoms with Crippen molar-refractivity contribution in [3.63, 3.8) is 0 Å². The highest BCUT2D eigenvalue weighted by atomic mass is 35.5. The van der Waals surface area contributed by atoms with Gasteiger partial charge in [-0.2, -0.15) is 0 Å². The van der Waals surface area contributed by atoms with E-state index in [0.29, 0.717) is 17.1 Å². The fourth-order valence-electron chi connectivity index (χ4n) is 1.18. The number of phenols is 1. The van der Waals surface area contributed by atoms with Crippen molar-refractivity contribution in [2.45, 2.75) is 6.54 Å². The molecule has 0 saturated carbocycles. The van der Waals surface area contributed by atoms with Gasteiger partial charge in [-0.1, -0.05) is 27.7 Å². The second-order valence-corrected chi connectivity index (χ2v) is 4.66. The Morgan fingerprint density at radius 2 is 2.19 bits per heavy atom. The van der Waals surface area contributed by atoms with Gasteiger partial charge in [0.2, 0.25) is 0 Å². The molecule has 0 bridgehead atoms. The van der Waals surface area contributed by atoms with Crippen LogP contribution in [0.4, 0.5) is 5.00 Å². The number of hydrogen-bond donors (Lipinski definition) is 2. The quantitative estimate of drug-likeness (QED) is 0.904. The van der Waals surface area contributed by atoms with Gasteiger partial charge in [-0.05, 0) is 12.1 Å². The van der Waals surface area contributed by atoms with Gasteiger partial charge < -0.3 is 10.4 Å². The molecule has 2 rings (SSSR count). The van der Waals surface area contributed by atoms with Crippen LogP contribution in [0.5, 0.6) is 5.75 Å². The van der Waals surface area contributed by atoms with Gasteiger partial charge in [0.1, 0.15) is 10.8 Å². The van der Waals surface area contributed by atoms with Gasteiger partial charge in [0.05, 0.1) is 11.2 Å². The van der Waals surface area contributed by atoms with E-state index in [1.807, 2.05) is 0 Å². The molecule has 0 unspecified atom stereocenters. The number of anilines is 1. The highest BCUT2D eigenvalue weighted by Crippen LogP contribution is 2.31. The van der Waals surface area contributed by atoms with Crippen LogP contribution >= 0.6 is 34.7 Å². The minimum Gasteiger partial charge on any atom is -0.506 e. The van der Waals surface area contributed by atoms with E-state index in [1.54, 1.807) is 12.3 Å². The van der Waals surface area contributed by atoms with E-state index in [9.17, 15) is 5.11 Å². The van der Waals surface area contributed by atoms with Gasteiger partial charge in [0.15, 0.2) is 0 Å².